The number of amides is 2. The van der Waals surface area contributed by atoms with Gasteiger partial charge in [0.2, 0.25) is 0 Å². The third-order valence-corrected chi connectivity index (χ3v) is 5.29. The molecule has 0 aliphatic rings. The van der Waals surface area contributed by atoms with Crippen LogP contribution in [-0.4, -0.2) is 48.1 Å². The van der Waals surface area contributed by atoms with Gasteiger partial charge in [-0.1, -0.05) is 46.3 Å². The van der Waals surface area contributed by atoms with Crippen LogP contribution in [0, 0.1) is 0 Å². The molecule has 0 spiro atoms. The van der Waals surface area contributed by atoms with Crippen LogP contribution in [0.1, 0.15) is 56.0 Å². The van der Waals surface area contributed by atoms with Gasteiger partial charge in [-0.3, -0.25) is 0 Å². The molecular weight excluding hydrogens is 532 g/mol. The van der Waals surface area contributed by atoms with E-state index in [-0.39, 0.29) is 24.5 Å². The first-order valence-corrected chi connectivity index (χ1v) is 12.4. The quantitative estimate of drug-likeness (QED) is 0.290. The van der Waals surface area contributed by atoms with Crippen molar-refractivity contribution in [1.29, 1.82) is 0 Å². The van der Waals surface area contributed by atoms with Crippen LogP contribution >= 0.6 is 15.9 Å². The van der Waals surface area contributed by atoms with E-state index >= 15 is 0 Å². The van der Waals surface area contributed by atoms with Crippen LogP contribution in [0.2, 0.25) is 0 Å². The minimum absolute atomic E-state index is 0.0208. The van der Waals surface area contributed by atoms with Gasteiger partial charge >= 0.3 is 18.2 Å². The Labute approximate surface area is 219 Å². The third-order valence-electron chi connectivity index (χ3n) is 4.80. The Morgan fingerprint density at radius 1 is 1.03 bits per heavy atom. The summed E-state index contributed by atoms with van der Waals surface area (Å²) in [6.07, 6.45) is 0.737. The zero-order chi connectivity index (χ0) is 26.6. The molecule has 2 amide bonds. The van der Waals surface area contributed by atoms with E-state index in [9.17, 15) is 19.5 Å². The molecule has 0 aliphatic carbocycles. The van der Waals surface area contributed by atoms with Crippen molar-refractivity contribution in [3.05, 3.63) is 64.1 Å². The fraction of sp³-hybridized carbons (Fsp3) is 0.423. The van der Waals surface area contributed by atoms with Crippen molar-refractivity contribution >= 4 is 34.1 Å². The summed E-state index contributed by atoms with van der Waals surface area (Å²) in [7, 11) is 0. The normalized spacial score (nSPS) is 11.8. The van der Waals surface area contributed by atoms with E-state index in [1.165, 1.54) is 6.07 Å². The van der Waals surface area contributed by atoms with Gasteiger partial charge in [-0.25, -0.2) is 14.4 Å². The molecule has 0 aromatic heterocycles. The summed E-state index contributed by atoms with van der Waals surface area (Å²) in [6, 6.07) is 13.6. The third kappa shape index (κ3) is 11.4. The molecule has 2 aromatic rings. The van der Waals surface area contributed by atoms with Gasteiger partial charge in [0.25, 0.3) is 0 Å². The number of hydrogen-bond donors (Lipinski definition) is 3. The predicted molar refractivity (Wildman–Crippen MR) is 138 cm³/mol. The van der Waals surface area contributed by atoms with Crippen LogP contribution in [0.4, 0.5) is 9.59 Å². The molecule has 0 saturated carbocycles. The topological polar surface area (TPSA) is 123 Å². The Morgan fingerprint density at radius 2 is 1.75 bits per heavy atom. The SMILES string of the molecule is CC(C)(C)OC(=O)NC(CCCCNC(=O)OCc1ccccc1)COc1cc(Br)ccc1C(=O)O. The summed E-state index contributed by atoms with van der Waals surface area (Å²) in [4.78, 5) is 35.7. The molecule has 196 valence electrons. The molecule has 0 heterocycles. The molecule has 0 saturated heterocycles. The Balaban J connectivity index is 1.85. The number of ether oxygens (including phenoxy) is 3. The zero-order valence-corrected chi connectivity index (χ0v) is 22.3. The first-order chi connectivity index (χ1) is 17.0. The lowest BCUT2D eigenvalue weighted by molar-refractivity contribution is 0.0481. The number of benzene rings is 2. The van der Waals surface area contributed by atoms with E-state index in [0.29, 0.717) is 30.3 Å². The van der Waals surface area contributed by atoms with E-state index in [1.807, 2.05) is 30.3 Å². The van der Waals surface area contributed by atoms with E-state index in [1.54, 1.807) is 32.9 Å². The van der Waals surface area contributed by atoms with Gasteiger partial charge in [0.1, 0.15) is 30.1 Å². The highest BCUT2D eigenvalue weighted by Gasteiger charge is 2.21. The van der Waals surface area contributed by atoms with Crippen molar-refractivity contribution in [2.24, 2.45) is 0 Å². The highest BCUT2D eigenvalue weighted by Crippen LogP contribution is 2.24. The van der Waals surface area contributed by atoms with Gasteiger partial charge in [-0.2, -0.15) is 0 Å². The van der Waals surface area contributed by atoms with Crippen LogP contribution < -0.4 is 15.4 Å². The van der Waals surface area contributed by atoms with Crippen LogP contribution in [0.15, 0.2) is 53.0 Å². The summed E-state index contributed by atoms with van der Waals surface area (Å²) in [6.45, 7) is 5.94. The van der Waals surface area contributed by atoms with Crippen molar-refractivity contribution in [2.75, 3.05) is 13.2 Å². The van der Waals surface area contributed by atoms with E-state index in [0.717, 1.165) is 5.56 Å². The van der Waals surface area contributed by atoms with E-state index in [4.69, 9.17) is 14.2 Å². The number of carbonyl (C=O) groups excluding carboxylic acids is 2. The molecular formula is C26H33BrN2O7. The zero-order valence-electron chi connectivity index (χ0n) is 20.7. The lowest BCUT2D eigenvalue weighted by atomic mass is 10.1. The van der Waals surface area contributed by atoms with Crippen molar-refractivity contribution in [3.8, 4) is 5.75 Å². The molecule has 0 fully saturated rings. The number of unbranched alkanes of at least 4 members (excludes halogenated alkanes) is 1. The number of carbonyl (C=O) groups is 3. The minimum Gasteiger partial charge on any atom is -0.491 e. The number of halogens is 1. The summed E-state index contributed by atoms with van der Waals surface area (Å²) in [5.74, 6) is -0.921. The molecule has 0 bridgehead atoms. The van der Waals surface area contributed by atoms with Crippen molar-refractivity contribution in [2.45, 2.75) is 58.3 Å². The fourth-order valence-electron chi connectivity index (χ4n) is 3.13. The van der Waals surface area contributed by atoms with Gasteiger partial charge in [0.05, 0.1) is 6.04 Å². The highest BCUT2D eigenvalue weighted by molar-refractivity contribution is 9.10. The second kappa shape index (κ2) is 14.3. The molecule has 36 heavy (non-hydrogen) atoms. The smallest absolute Gasteiger partial charge is 0.407 e. The molecule has 3 N–H and O–H groups in total. The summed E-state index contributed by atoms with van der Waals surface area (Å²) in [5, 5.41) is 14.9. The summed E-state index contributed by atoms with van der Waals surface area (Å²) < 4.78 is 17.0. The van der Waals surface area contributed by atoms with E-state index < -0.39 is 29.8 Å². The van der Waals surface area contributed by atoms with Crippen LogP contribution in [0.3, 0.4) is 0 Å². The Morgan fingerprint density at radius 3 is 2.42 bits per heavy atom. The molecule has 2 rings (SSSR count). The molecule has 0 aliphatic heterocycles. The molecule has 1 atom stereocenters. The van der Waals surface area contributed by atoms with Gasteiger partial charge in [-0.15, -0.1) is 0 Å². The fourth-order valence-corrected chi connectivity index (χ4v) is 3.47. The molecule has 2 aromatic carbocycles. The molecule has 0 radical (unpaired) electrons. The monoisotopic (exact) mass is 564 g/mol. The van der Waals surface area contributed by atoms with Gasteiger partial charge in [0.15, 0.2) is 0 Å². The first kappa shape index (κ1) is 29.0. The lowest BCUT2D eigenvalue weighted by Gasteiger charge is -2.24. The maximum absolute atomic E-state index is 12.3. The Bertz CT molecular complexity index is 1010. The number of carboxylic acid groups (broad SMARTS) is 1. The van der Waals surface area contributed by atoms with Crippen LogP contribution in [0.5, 0.6) is 5.75 Å². The second-order valence-electron chi connectivity index (χ2n) is 9.08. The number of alkyl carbamates (subject to hydrolysis) is 2. The van der Waals surface area contributed by atoms with Gasteiger partial charge in [0, 0.05) is 11.0 Å². The number of aromatic carboxylic acids is 1. The lowest BCUT2D eigenvalue weighted by Crippen LogP contribution is -2.42. The van der Waals surface area contributed by atoms with Crippen LogP contribution in [0.25, 0.3) is 0 Å². The Kier molecular flexibility index (Phi) is 11.5. The maximum Gasteiger partial charge on any atom is 0.407 e. The molecule has 10 heteroatoms. The second-order valence-corrected chi connectivity index (χ2v) is 10.00. The first-order valence-electron chi connectivity index (χ1n) is 11.6. The van der Waals surface area contributed by atoms with Gasteiger partial charge in [-0.05, 0) is 63.8 Å². The summed E-state index contributed by atoms with van der Waals surface area (Å²) in [5.41, 5.74) is 0.257. The average Bonchev–Trinajstić information content (AvgIpc) is 2.80. The number of carboxylic acids is 1. The van der Waals surface area contributed by atoms with Crippen molar-refractivity contribution in [3.63, 3.8) is 0 Å². The average molecular weight is 565 g/mol. The van der Waals surface area contributed by atoms with Crippen LogP contribution in [-0.2, 0) is 16.1 Å². The molecule has 9 nitrogen and oxygen atoms in total. The van der Waals surface area contributed by atoms with Crippen molar-refractivity contribution < 1.29 is 33.7 Å². The maximum atomic E-state index is 12.3. The number of nitrogens with one attached hydrogen (secondary N) is 2. The predicted octanol–water partition coefficient (Wildman–Crippen LogP) is 5.52. The number of hydrogen-bond acceptors (Lipinski definition) is 6. The van der Waals surface area contributed by atoms with Crippen molar-refractivity contribution in [1.82, 2.24) is 10.6 Å². The molecule has 1 unspecified atom stereocenters. The highest BCUT2D eigenvalue weighted by atomic mass is 79.9. The Hall–Kier alpha value is -3.27. The van der Waals surface area contributed by atoms with Gasteiger partial charge < -0.3 is 30.0 Å². The minimum atomic E-state index is -1.11. The summed E-state index contributed by atoms with van der Waals surface area (Å²) >= 11 is 3.31. The van der Waals surface area contributed by atoms with E-state index in [2.05, 4.69) is 26.6 Å². The standard InChI is InChI=1S/C26H33BrN2O7/c1-26(2,3)36-25(33)29-20(17-34-22-15-19(27)12-13-21(22)23(30)31)11-7-8-14-28-24(32)35-16-18-9-5-4-6-10-18/h4-6,9-10,12-13,15,20H,7-8,11,14,16-17H2,1-3H3,(H,28,32)(H,29,33)(H,30,31). The largest absolute Gasteiger partial charge is 0.491 e. The number of rotatable bonds is 12.